The molecule has 0 saturated carbocycles. The zero-order valence-electron chi connectivity index (χ0n) is 9.71. The fourth-order valence-corrected chi connectivity index (χ4v) is 2.42. The molecule has 0 aliphatic rings. The third-order valence-corrected chi connectivity index (χ3v) is 3.61. The minimum absolute atomic E-state index is 0.118. The van der Waals surface area contributed by atoms with E-state index in [9.17, 15) is 8.78 Å². The van der Waals surface area contributed by atoms with Crippen molar-refractivity contribution in [3.63, 3.8) is 0 Å². The molecular weight excluding hydrogens is 304 g/mol. The van der Waals surface area contributed by atoms with Crippen LogP contribution in [0.2, 0.25) is 0 Å². The summed E-state index contributed by atoms with van der Waals surface area (Å²) in [6.45, 7) is 0. The maximum absolute atomic E-state index is 13.5. The average Bonchev–Trinajstić information content (AvgIpc) is 2.87. The van der Waals surface area contributed by atoms with E-state index < -0.39 is 11.6 Å². The highest BCUT2D eigenvalue weighted by molar-refractivity contribution is 9.10. The number of nitrogens with one attached hydrogen (secondary N) is 1. The molecule has 0 amide bonds. The van der Waals surface area contributed by atoms with E-state index in [-0.39, 0.29) is 10.5 Å². The first-order valence-corrected chi connectivity index (χ1v) is 6.24. The Hall–Kier alpha value is -1.20. The summed E-state index contributed by atoms with van der Waals surface area (Å²) in [5, 5.41) is 3.08. The number of rotatable bonds is 4. The molecule has 1 aromatic heterocycles. The Balaban J connectivity index is 2.30. The van der Waals surface area contributed by atoms with Crippen LogP contribution in [0.25, 0.3) is 0 Å². The molecule has 1 heterocycles. The van der Waals surface area contributed by atoms with Gasteiger partial charge in [-0.25, -0.2) is 8.78 Å². The van der Waals surface area contributed by atoms with E-state index >= 15 is 0 Å². The van der Waals surface area contributed by atoms with Crippen LogP contribution in [0.1, 0.15) is 17.2 Å². The summed E-state index contributed by atoms with van der Waals surface area (Å²) in [7, 11) is 1.78. The molecule has 1 N–H and O–H groups in total. The van der Waals surface area contributed by atoms with Crippen molar-refractivity contribution in [1.29, 1.82) is 0 Å². The standard InChI is InChI=1S/C13H12BrF2NO/c1-17-11(6-8-4-5-18-7-8)9-2-3-10(15)13(16)12(9)14/h2-5,7,11,17H,6H2,1H3. The van der Waals surface area contributed by atoms with Crippen LogP contribution in [0, 0.1) is 11.6 Å². The van der Waals surface area contributed by atoms with E-state index in [1.165, 1.54) is 0 Å². The van der Waals surface area contributed by atoms with Crippen LogP contribution in [-0.4, -0.2) is 7.05 Å². The number of hydrogen-bond acceptors (Lipinski definition) is 2. The molecular formula is C13H12BrF2NO. The molecule has 0 saturated heterocycles. The van der Waals surface area contributed by atoms with Crippen molar-refractivity contribution in [1.82, 2.24) is 5.32 Å². The lowest BCUT2D eigenvalue weighted by atomic mass is 10.0. The molecule has 0 spiro atoms. The molecule has 2 aromatic rings. The Bertz CT molecular complexity index is 528. The molecule has 96 valence electrons. The molecule has 0 aliphatic heterocycles. The summed E-state index contributed by atoms with van der Waals surface area (Å²) in [5.74, 6) is -1.72. The lowest BCUT2D eigenvalue weighted by Gasteiger charge is -2.17. The molecule has 0 radical (unpaired) electrons. The lowest BCUT2D eigenvalue weighted by Crippen LogP contribution is -2.19. The highest BCUT2D eigenvalue weighted by atomic mass is 79.9. The third-order valence-electron chi connectivity index (χ3n) is 2.81. The lowest BCUT2D eigenvalue weighted by molar-refractivity contribution is 0.495. The summed E-state index contributed by atoms with van der Waals surface area (Å²) in [6.07, 6.45) is 3.86. The van der Waals surface area contributed by atoms with E-state index in [2.05, 4.69) is 21.2 Å². The normalized spacial score (nSPS) is 12.7. The van der Waals surface area contributed by atoms with Gasteiger partial charge >= 0.3 is 0 Å². The highest BCUT2D eigenvalue weighted by Crippen LogP contribution is 2.29. The van der Waals surface area contributed by atoms with Crippen LogP contribution in [0.4, 0.5) is 8.78 Å². The van der Waals surface area contributed by atoms with Gasteiger partial charge < -0.3 is 9.73 Å². The summed E-state index contributed by atoms with van der Waals surface area (Å²) >= 11 is 3.10. The van der Waals surface area contributed by atoms with E-state index in [4.69, 9.17) is 4.42 Å². The molecule has 0 aliphatic carbocycles. The SMILES string of the molecule is CNC(Cc1ccoc1)c1ccc(F)c(F)c1Br. The van der Waals surface area contributed by atoms with Crippen LogP contribution < -0.4 is 5.32 Å². The highest BCUT2D eigenvalue weighted by Gasteiger charge is 2.18. The fourth-order valence-electron chi connectivity index (χ4n) is 1.82. The first-order chi connectivity index (χ1) is 8.63. The topological polar surface area (TPSA) is 25.2 Å². The van der Waals surface area contributed by atoms with Gasteiger partial charge in [0.2, 0.25) is 0 Å². The van der Waals surface area contributed by atoms with Gasteiger partial charge in [0.15, 0.2) is 11.6 Å². The first-order valence-electron chi connectivity index (χ1n) is 5.45. The van der Waals surface area contributed by atoms with Gasteiger partial charge in [0.25, 0.3) is 0 Å². The second kappa shape index (κ2) is 5.63. The predicted octanol–water partition coefficient (Wildman–Crippen LogP) is 3.82. The third kappa shape index (κ3) is 2.62. The van der Waals surface area contributed by atoms with Crippen molar-refractivity contribution in [3.8, 4) is 0 Å². The minimum Gasteiger partial charge on any atom is -0.472 e. The van der Waals surface area contributed by atoms with E-state index in [0.29, 0.717) is 12.0 Å². The van der Waals surface area contributed by atoms with Crippen LogP contribution in [0.15, 0.2) is 39.6 Å². The van der Waals surface area contributed by atoms with Gasteiger partial charge in [0, 0.05) is 6.04 Å². The summed E-state index contributed by atoms with van der Waals surface area (Å²) < 4.78 is 31.7. The predicted molar refractivity (Wildman–Crippen MR) is 68.3 cm³/mol. The van der Waals surface area contributed by atoms with Crippen molar-refractivity contribution >= 4 is 15.9 Å². The van der Waals surface area contributed by atoms with Crippen molar-refractivity contribution in [2.75, 3.05) is 7.05 Å². The molecule has 1 unspecified atom stereocenters. The second-order valence-electron chi connectivity index (χ2n) is 3.94. The largest absolute Gasteiger partial charge is 0.472 e. The molecule has 0 bridgehead atoms. The van der Waals surface area contributed by atoms with Gasteiger partial charge in [0.1, 0.15) is 0 Å². The Morgan fingerprint density at radius 3 is 2.72 bits per heavy atom. The first kappa shape index (κ1) is 13.2. The molecule has 2 rings (SSSR count). The van der Waals surface area contributed by atoms with Gasteiger partial charge in [-0.15, -0.1) is 0 Å². The van der Waals surface area contributed by atoms with Gasteiger partial charge in [-0.1, -0.05) is 6.07 Å². The zero-order chi connectivity index (χ0) is 13.1. The van der Waals surface area contributed by atoms with Gasteiger partial charge in [0.05, 0.1) is 17.0 Å². The maximum atomic E-state index is 13.5. The van der Waals surface area contributed by atoms with Crippen LogP contribution in [0.5, 0.6) is 0 Å². The molecule has 0 fully saturated rings. The molecule has 5 heteroatoms. The summed E-state index contributed by atoms with van der Waals surface area (Å²) in [5.41, 5.74) is 1.67. The van der Waals surface area contributed by atoms with Gasteiger partial charge in [-0.2, -0.15) is 0 Å². The minimum atomic E-state index is -0.861. The second-order valence-corrected chi connectivity index (χ2v) is 4.73. The Kier molecular flexibility index (Phi) is 4.14. The zero-order valence-corrected chi connectivity index (χ0v) is 11.3. The van der Waals surface area contributed by atoms with Crippen molar-refractivity contribution in [2.24, 2.45) is 0 Å². The van der Waals surface area contributed by atoms with E-state index in [0.717, 1.165) is 11.6 Å². The summed E-state index contributed by atoms with van der Waals surface area (Å²) in [6, 6.07) is 4.43. The van der Waals surface area contributed by atoms with Crippen LogP contribution in [-0.2, 0) is 6.42 Å². The molecule has 1 aromatic carbocycles. The average molecular weight is 316 g/mol. The number of furan rings is 1. The van der Waals surface area contributed by atoms with Crippen molar-refractivity contribution < 1.29 is 13.2 Å². The van der Waals surface area contributed by atoms with Gasteiger partial charge in [-0.3, -0.25) is 0 Å². The number of likely N-dealkylation sites (N-methyl/N-ethyl adjacent to an activating group) is 1. The monoisotopic (exact) mass is 315 g/mol. The Morgan fingerprint density at radius 2 is 2.11 bits per heavy atom. The molecule has 18 heavy (non-hydrogen) atoms. The fraction of sp³-hybridized carbons (Fsp3) is 0.231. The molecule has 2 nitrogen and oxygen atoms in total. The van der Waals surface area contributed by atoms with E-state index in [1.54, 1.807) is 25.6 Å². The van der Waals surface area contributed by atoms with E-state index in [1.807, 2.05) is 6.07 Å². The quantitative estimate of drug-likeness (QED) is 0.868. The molecule has 1 atom stereocenters. The number of hydrogen-bond donors (Lipinski definition) is 1. The van der Waals surface area contributed by atoms with Crippen LogP contribution >= 0.6 is 15.9 Å². The van der Waals surface area contributed by atoms with Crippen molar-refractivity contribution in [3.05, 3.63) is 58.0 Å². The Labute approximate surface area is 112 Å². The Morgan fingerprint density at radius 1 is 1.33 bits per heavy atom. The van der Waals surface area contributed by atoms with Crippen molar-refractivity contribution in [2.45, 2.75) is 12.5 Å². The maximum Gasteiger partial charge on any atom is 0.173 e. The van der Waals surface area contributed by atoms with Gasteiger partial charge in [-0.05, 0) is 52.7 Å². The number of benzene rings is 1. The van der Waals surface area contributed by atoms with Crippen LogP contribution in [0.3, 0.4) is 0 Å². The summed E-state index contributed by atoms with van der Waals surface area (Å²) in [4.78, 5) is 0. The number of halogens is 3. The smallest absolute Gasteiger partial charge is 0.173 e.